The Hall–Kier alpha value is -1.84. The molecule has 0 aliphatic heterocycles. The first kappa shape index (κ1) is 7.79. The fourth-order valence-corrected chi connectivity index (χ4v) is 1.25. The van der Waals surface area contributed by atoms with Gasteiger partial charge in [-0.2, -0.15) is 0 Å². The molecule has 4 heteroatoms. The lowest BCUT2D eigenvalue weighted by molar-refractivity contribution is 0.634. The van der Waals surface area contributed by atoms with E-state index < -0.39 is 5.82 Å². The van der Waals surface area contributed by atoms with Crippen molar-refractivity contribution in [2.75, 3.05) is 11.5 Å². The van der Waals surface area contributed by atoms with Gasteiger partial charge in [0.05, 0.1) is 6.20 Å². The van der Waals surface area contributed by atoms with Gasteiger partial charge in [-0.1, -0.05) is 0 Å². The number of nitrogens with zero attached hydrogens (tertiary/aromatic N) is 1. The lowest BCUT2D eigenvalue weighted by Gasteiger charge is -2.02. The third-order valence-electron chi connectivity index (χ3n) is 1.89. The Morgan fingerprint density at radius 2 is 1.92 bits per heavy atom. The topological polar surface area (TPSA) is 64.9 Å². The quantitative estimate of drug-likeness (QED) is 0.600. The maximum atomic E-state index is 13.2. The van der Waals surface area contributed by atoms with E-state index in [0.29, 0.717) is 22.3 Å². The molecule has 0 fully saturated rings. The molecule has 1 aromatic heterocycles. The van der Waals surface area contributed by atoms with E-state index in [1.54, 1.807) is 18.2 Å². The van der Waals surface area contributed by atoms with Crippen LogP contribution in [-0.2, 0) is 0 Å². The lowest BCUT2D eigenvalue weighted by atomic mass is 10.1. The highest BCUT2D eigenvalue weighted by molar-refractivity contribution is 5.93. The normalized spacial score (nSPS) is 10.5. The predicted molar refractivity (Wildman–Crippen MR) is 50.5 cm³/mol. The average Bonchev–Trinajstić information content (AvgIpc) is 2.12. The van der Waals surface area contributed by atoms with E-state index in [9.17, 15) is 4.39 Å². The summed E-state index contributed by atoms with van der Waals surface area (Å²) in [4.78, 5) is 3.70. The summed E-state index contributed by atoms with van der Waals surface area (Å²) in [7, 11) is 0. The first-order valence-corrected chi connectivity index (χ1v) is 3.77. The third-order valence-corrected chi connectivity index (χ3v) is 1.89. The van der Waals surface area contributed by atoms with E-state index in [-0.39, 0.29) is 0 Å². The number of fused-ring (bicyclic) bond motifs is 1. The highest BCUT2D eigenvalue weighted by Gasteiger charge is 2.04. The fourth-order valence-electron chi connectivity index (χ4n) is 1.25. The molecule has 0 unspecified atom stereocenters. The van der Waals surface area contributed by atoms with E-state index in [1.165, 1.54) is 0 Å². The smallest absolute Gasteiger partial charge is 0.149 e. The van der Waals surface area contributed by atoms with Crippen LogP contribution >= 0.6 is 0 Å². The molecule has 0 amide bonds. The standard InChI is InChI=1S/C9H8FN3/c10-8-4-13-9(12)6-2-1-5(11)3-7(6)8/h1-4H,11H2,(H2,12,13). The molecular formula is C9H8FN3. The minimum atomic E-state index is -0.406. The SMILES string of the molecule is Nc1ccc2c(N)ncc(F)c2c1. The van der Waals surface area contributed by atoms with Crippen molar-refractivity contribution < 1.29 is 4.39 Å². The van der Waals surface area contributed by atoms with Gasteiger partial charge in [-0.05, 0) is 18.2 Å². The van der Waals surface area contributed by atoms with Crippen molar-refractivity contribution in [2.45, 2.75) is 0 Å². The number of rotatable bonds is 0. The van der Waals surface area contributed by atoms with Gasteiger partial charge in [-0.15, -0.1) is 0 Å². The zero-order valence-corrected chi connectivity index (χ0v) is 6.79. The molecule has 1 aromatic carbocycles. The molecule has 0 bridgehead atoms. The summed E-state index contributed by atoms with van der Waals surface area (Å²) in [5.74, 6) is -0.0899. The zero-order chi connectivity index (χ0) is 9.42. The Morgan fingerprint density at radius 1 is 1.15 bits per heavy atom. The first-order valence-electron chi connectivity index (χ1n) is 3.77. The average molecular weight is 177 g/mol. The number of anilines is 2. The van der Waals surface area contributed by atoms with Crippen LogP contribution in [0.3, 0.4) is 0 Å². The van der Waals surface area contributed by atoms with E-state index in [2.05, 4.69) is 4.98 Å². The molecule has 13 heavy (non-hydrogen) atoms. The molecule has 0 spiro atoms. The van der Waals surface area contributed by atoms with Crippen molar-refractivity contribution in [2.24, 2.45) is 0 Å². The number of nitrogen functional groups attached to an aromatic ring is 2. The van der Waals surface area contributed by atoms with E-state index in [4.69, 9.17) is 11.5 Å². The summed E-state index contributed by atoms with van der Waals surface area (Å²) in [5, 5.41) is 1.00. The number of aromatic nitrogens is 1. The molecule has 0 saturated heterocycles. The molecule has 4 N–H and O–H groups in total. The second kappa shape index (κ2) is 2.58. The molecule has 2 aromatic rings. The lowest BCUT2D eigenvalue weighted by Crippen LogP contribution is -1.94. The molecule has 0 saturated carbocycles. The van der Waals surface area contributed by atoms with Gasteiger partial charge in [0.1, 0.15) is 11.6 Å². The van der Waals surface area contributed by atoms with Crippen molar-refractivity contribution >= 4 is 22.3 Å². The van der Waals surface area contributed by atoms with Crippen LogP contribution in [0.2, 0.25) is 0 Å². The molecule has 2 rings (SSSR count). The van der Waals surface area contributed by atoms with Crippen molar-refractivity contribution in [1.29, 1.82) is 0 Å². The number of pyridine rings is 1. The number of benzene rings is 1. The van der Waals surface area contributed by atoms with Crippen molar-refractivity contribution in [3.05, 3.63) is 30.2 Å². The molecule has 66 valence electrons. The second-order valence-electron chi connectivity index (χ2n) is 2.80. The highest BCUT2D eigenvalue weighted by atomic mass is 19.1. The van der Waals surface area contributed by atoms with Gasteiger partial charge in [0.2, 0.25) is 0 Å². The summed E-state index contributed by atoms with van der Waals surface area (Å²) in [6.07, 6.45) is 1.09. The van der Waals surface area contributed by atoms with Gasteiger partial charge in [-0.3, -0.25) is 0 Å². The van der Waals surface area contributed by atoms with Crippen LogP contribution < -0.4 is 11.5 Å². The van der Waals surface area contributed by atoms with Crippen LogP contribution in [0.4, 0.5) is 15.9 Å². The van der Waals surface area contributed by atoms with Crippen molar-refractivity contribution in [3.63, 3.8) is 0 Å². The minimum Gasteiger partial charge on any atom is -0.399 e. The van der Waals surface area contributed by atoms with Crippen molar-refractivity contribution in [1.82, 2.24) is 4.98 Å². The maximum Gasteiger partial charge on any atom is 0.149 e. The van der Waals surface area contributed by atoms with Gasteiger partial charge in [0.15, 0.2) is 0 Å². The molecule has 3 nitrogen and oxygen atoms in total. The number of nitrogens with two attached hydrogens (primary N) is 2. The first-order chi connectivity index (χ1) is 6.18. The van der Waals surface area contributed by atoms with Crippen molar-refractivity contribution in [3.8, 4) is 0 Å². The number of halogens is 1. The highest BCUT2D eigenvalue weighted by Crippen LogP contribution is 2.23. The van der Waals surface area contributed by atoms with Crippen LogP contribution in [0, 0.1) is 5.82 Å². The molecule has 0 atom stereocenters. The van der Waals surface area contributed by atoms with Crippen LogP contribution in [-0.4, -0.2) is 4.98 Å². The Balaban J connectivity index is 2.92. The predicted octanol–water partition coefficient (Wildman–Crippen LogP) is 1.54. The van der Waals surface area contributed by atoms with Gasteiger partial charge >= 0.3 is 0 Å². The Labute approximate surface area is 74.2 Å². The summed E-state index contributed by atoms with van der Waals surface area (Å²) < 4.78 is 13.2. The van der Waals surface area contributed by atoms with Crippen LogP contribution in [0.1, 0.15) is 0 Å². The van der Waals surface area contributed by atoms with Crippen LogP contribution in [0.15, 0.2) is 24.4 Å². The monoisotopic (exact) mass is 177 g/mol. The molecule has 0 aliphatic carbocycles. The number of hydrogen-bond donors (Lipinski definition) is 2. The third kappa shape index (κ3) is 1.16. The van der Waals surface area contributed by atoms with Crippen LogP contribution in [0.25, 0.3) is 10.8 Å². The molecular weight excluding hydrogens is 169 g/mol. The Kier molecular flexibility index (Phi) is 1.55. The number of hydrogen-bond acceptors (Lipinski definition) is 3. The second-order valence-corrected chi connectivity index (χ2v) is 2.80. The molecule has 0 aliphatic rings. The van der Waals surface area contributed by atoms with Gasteiger partial charge in [0, 0.05) is 16.5 Å². The van der Waals surface area contributed by atoms with E-state index >= 15 is 0 Å². The summed E-state index contributed by atoms with van der Waals surface area (Å²) in [5.41, 5.74) is 11.6. The zero-order valence-electron chi connectivity index (χ0n) is 6.79. The minimum absolute atomic E-state index is 0.316. The summed E-state index contributed by atoms with van der Waals surface area (Å²) in [6, 6.07) is 4.87. The summed E-state index contributed by atoms with van der Waals surface area (Å²) >= 11 is 0. The maximum absolute atomic E-state index is 13.2. The Bertz CT molecular complexity index is 468. The molecule has 0 radical (unpaired) electrons. The van der Waals surface area contributed by atoms with Gasteiger partial charge < -0.3 is 11.5 Å². The van der Waals surface area contributed by atoms with E-state index in [1.807, 2.05) is 0 Å². The van der Waals surface area contributed by atoms with E-state index in [0.717, 1.165) is 6.20 Å². The summed E-state index contributed by atoms with van der Waals surface area (Å²) in [6.45, 7) is 0. The van der Waals surface area contributed by atoms with Gasteiger partial charge in [-0.25, -0.2) is 9.37 Å². The Morgan fingerprint density at radius 3 is 2.69 bits per heavy atom. The van der Waals surface area contributed by atoms with Crippen LogP contribution in [0.5, 0.6) is 0 Å². The van der Waals surface area contributed by atoms with Gasteiger partial charge in [0.25, 0.3) is 0 Å². The largest absolute Gasteiger partial charge is 0.399 e. The fraction of sp³-hybridized carbons (Fsp3) is 0. The molecule has 1 heterocycles.